The van der Waals surface area contributed by atoms with E-state index in [9.17, 15) is 4.79 Å². The number of hydrogen-bond acceptors (Lipinski definition) is 3. The van der Waals surface area contributed by atoms with Crippen LogP contribution >= 0.6 is 23.2 Å². The van der Waals surface area contributed by atoms with Crippen molar-refractivity contribution in [3.8, 4) is 0 Å². The molecule has 1 amide bonds. The van der Waals surface area contributed by atoms with Gasteiger partial charge >= 0.3 is 0 Å². The first-order chi connectivity index (χ1) is 12.0. The van der Waals surface area contributed by atoms with Crippen molar-refractivity contribution in [3.63, 3.8) is 0 Å². The minimum absolute atomic E-state index is 0.180. The normalized spacial score (nSPS) is 10.4. The van der Waals surface area contributed by atoms with Crippen LogP contribution in [0.2, 0.25) is 10.0 Å². The Bertz CT molecular complexity index is 894. The highest BCUT2D eigenvalue weighted by Gasteiger charge is 2.07. The maximum atomic E-state index is 12.2. The van der Waals surface area contributed by atoms with Gasteiger partial charge in [0.05, 0.1) is 27.6 Å². The van der Waals surface area contributed by atoms with Gasteiger partial charge in [0.1, 0.15) is 5.82 Å². The highest BCUT2D eigenvalue weighted by atomic mass is 35.5. The van der Waals surface area contributed by atoms with E-state index in [2.05, 4.69) is 15.6 Å². The Kier molecular flexibility index (Phi) is 5.22. The Labute approximate surface area is 155 Å². The predicted octanol–water partition coefficient (Wildman–Crippen LogP) is 5.69. The molecule has 4 nitrogen and oxygen atoms in total. The summed E-state index contributed by atoms with van der Waals surface area (Å²) in [6.45, 7) is 1.98. The largest absolute Gasteiger partial charge is 0.339 e. The summed E-state index contributed by atoms with van der Waals surface area (Å²) in [6.07, 6.45) is 1.58. The second kappa shape index (κ2) is 7.55. The van der Waals surface area contributed by atoms with E-state index in [0.717, 1.165) is 5.56 Å². The first-order valence-corrected chi connectivity index (χ1v) is 8.33. The molecule has 2 aromatic carbocycles. The SMILES string of the molecule is Cc1ccc(C(=O)Nc2ccc(Nc3cccc(Cl)c3Cl)nc2)cc1. The Hall–Kier alpha value is -2.56. The summed E-state index contributed by atoms with van der Waals surface area (Å²) < 4.78 is 0. The van der Waals surface area contributed by atoms with Crippen molar-refractivity contribution in [2.24, 2.45) is 0 Å². The molecule has 3 aromatic rings. The van der Waals surface area contributed by atoms with Gasteiger partial charge in [0, 0.05) is 5.56 Å². The highest BCUT2D eigenvalue weighted by molar-refractivity contribution is 6.43. The fraction of sp³-hybridized carbons (Fsp3) is 0.0526. The highest BCUT2D eigenvalue weighted by Crippen LogP contribution is 2.31. The van der Waals surface area contributed by atoms with Crippen molar-refractivity contribution in [3.05, 3.63) is 82.0 Å². The molecular formula is C19H15Cl2N3O. The van der Waals surface area contributed by atoms with Gasteiger partial charge in [0.15, 0.2) is 0 Å². The maximum absolute atomic E-state index is 12.2. The van der Waals surface area contributed by atoms with Crippen LogP contribution < -0.4 is 10.6 Å². The summed E-state index contributed by atoms with van der Waals surface area (Å²) in [6, 6.07) is 16.2. The van der Waals surface area contributed by atoms with Crippen molar-refractivity contribution >= 4 is 46.3 Å². The van der Waals surface area contributed by atoms with Gasteiger partial charge in [-0.05, 0) is 43.3 Å². The molecule has 0 bridgehead atoms. The number of halogens is 2. The van der Waals surface area contributed by atoms with Gasteiger partial charge in [-0.1, -0.05) is 47.0 Å². The molecule has 1 heterocycles. The fourth-order valence-electron chi connectivity index (χ4n) is 2.19. The molecule has 0 saturated heterocycles. The Balaban J connectivity index is 1.69. The van der Waals surface area contributed by atoms with E-state index in [-0.39, 0.29) is 5.91 Å². The van der Waals surface area contributed by atoms with Crippen molar-refractivity contribution in [1.29, 1.82) is 0 Å². The summed E-state index contributed by atoms with van der Waals surface area (Å²) >= 11 is 12.1. The first-order valence-electron chi connectivity index (χ1n) is 7.58. The molecule has 0 unspecified atom stereocenters. The third-order valence-corrected chi connectivity index (χ3v) is 4.37. The molecule has 25 heavy (non-hydrogen) atoms. The molecule has 0 atom stereocenters. The number of anilines is 3. The lowest BCUT2D eigenvalue weighted by Crippen LogP contribution is -2.12. The van der Waals surface area contributed by atoms with Crippen LogP contribution in [0.5, 0.6) is 0 Å². The summed E-state index contributed by atoms with van der Waals surface area (Å²) in [5, 5.41) is 6.80. The number of pyridine rings is 1. The molecule has 1 aromatic heterocycles. The molecule has 0 aliphatic rings. The van der Waals surface area contributed by atoms with E-state index >= 15 is 0 Å². The van der Waals surface area contributed by atoms with Gasteiger partial charge in [-0.2, -0.15) is 0 Å². The lowest BCUT2D eigenvalue weighted by Gasteiger charge is -2.10. The molecule has 0 aliphatic heterocycles. The Morgan fingerprint density at radius 1 is 1.00 bits per heavy atom. The zero-order chi connectivity index (χ0) is 17.8. The minimum Gasteiger partial charge on any atom is -0.339 e. The third-order valence-electron chi connectivity index (χ3n) is 3.55. The molecule has 6 heteroatoms. The van der Waals surface area contributed by atoms with Gasteiger partial charge in [-0.15, -0.1) is 0 Å². The van der Waals surface area contributed by atoms with Crippen LogP contribution in [0.1, 0.15) is 15.9 Å². The molecule has 3 rings (SSSR count). The van der Waals surface area contributed by atoms with Gasteiger partial charge in [-0.25, -0.2) is 4.98 Å². The minimum atomic E-state index is -0.180. The number of aryl methyl sites for hydroxylation is 1. The second-order valence-corrected chi connectivity index (χ2v) is 6.26. The first kappa shape index (κ1) is 17.3. The van der Waals surface area contributed by atoms with Gasteiger partial charge in [-0.3, -0.25) is 4.79 Å². The van der Waals surface area contributed by atoms with Crippen molar-refractivity contribution in [2.75, 3.05) is 10.6 Å². The van der Waals surface area contributed by atoms with E-state index in [4.69, 9.17) is 23.2 Å². The Morgan fingerprint density at radius 3 is 2.44 bits per heavy atom. The fourth-order valence-corrected chi connectivity index (χ4v) is 2.54. The molecule has 0 spiro atoms. The number of carbonyl (C=O) groups excluding carboxylic acids is 1. The van der Waals surface area contributed by atoms with Crippen molar-refractivity contribution < 1.29 is 4.79 Å². The number of nitrogens with one attached hydrogen (secondary N) is 2. The number of benzene rings is 2. The van der Waals surface area contributed by atoms with Gasteiger partial charge in [0.25, 0.3) is 5.91 Å². The van der Waals surface area contributed by atoms with Crippen LogP contribution in [0.4, 0.5) is 17.2 Å². The van der Waals surface area contributed by atoms with E-state index in [1.54, 1.807) is 42.6 Å². The van der Waals surface area contributed by atoms with Crippen LogP contribution in [0.25, 0.3) is 0 Å². The molecular weight excluding hydrogens is 357 g/mol. The maximum Gasteiger partial charge on any atom is 0.255 e. The van der Waals surface area contributed by atoms with Crippen LogP contribution in [-0.4, -0.2) is 10.9 Å². The lowest BCUT2D eigenvalue weighted by molar-refractivity contribution is 0.102. The number of hydrogen-bond donors (Lipinski definition) is 2. The zero-order valence-electron chi connectivity index (χ0n) is 13.4. The second-order valence-electron chi connectivity index (χ2n) is 5.48. The standard InChI is InChI=1S/C19H15Cl2N3O/c1-12-5-7-13(8-6-12)19(25)23-14-9-10-17(22-11-14)24-16-4-2-3-15(20)18(16)21/h2-11H,1H3,(H,22,24)(H,23,25). The molecule has 0 fully saturated rings. The van der Waals surface area contributed by atoms with Crippen molar-refractivity contribution in [1.82, 2.24) is 4.98 Å². The molecule has 126 valence electrons. The van der Waals surface area contributed by atoms with E-state index in [0.29, 0.717) is 32.8 Å². The van der Waals surface area contributed by atoms with Crippen LogP contribution in [0.15, 0.2) is 60.8 Å². The molecule has 0 saturated carbocycles. The summed E-state index contributed by atoms with van der Waals surface area (Å²) in [5.74, 6) is 0.415. The monoisotopic (exact) mass is 371 g/mol. The van der Waals surface area contributed by atoms with Crippen LogP contribution in [0, 0.1) is 6.92 Å². The summed E-state index contributed by atoms with van der Waals surface area (Å²) in [7, 11) is 0. The van der Waals surface area contributed by atoms with Crippen LogP contribution in [-0.2, 0) is 0 Å². The molecule has 0 radical (unpaired) electrons. The number of amides is 1. The van der Waals surface area contributed by atoms with E-state index in [1.165, 1.54) is 0 Å². The number of rotatable bonds is 4. The average molecular weight is 372 g/mol. The quantitative estimate of drug-likeness (QED) is 0.618. The summed E-state index contributed by atoms with van der Waals surface area (Å²) in [5.41, 5.74) is 2.97. The van der Waals surface area contributed by atoms with Crippen LogP contribution in [0.3, 0.4) is 0 Å². The van der Waals surface area contributed by atoms with Gasteiger partial charge < -0.3 is 10.6 Å². The Morgan fingerprint density at radius 2 is 1.76 bits per heavy atom. The predicted molar refractivity (Wildman–Crippen MR) is 103 cm³/mol. The number of aromatic nitrogens is 1. The third kappa shape index (κ3) is 4.29. The van der Waals surface area contributed by atoms with Gasteiger partial charge in [0.2, 0.25) is 0 Å². The number of nitrogens with zero attached hydrogens (tertiary/aromatic N) is 1. The lowest BCUT2D eigenvalue weighted by atomic mass is 10.1. The topological polar surface area (TPSA) is 54.0 Å². The van der Waals surface area contributed by atoms with E-state index < -0.39 is 0 Å². The van der Waals surface area contributed by atoms with E-state index in [1.807, 2.05) is 25.1 Å². The molecule has 0 aliphatic carbocycles. The smallest absolute Gasteiger partial charge is 0.255 e. The average Bonchev–Trinajstić information content (AvgIpc) is 2.61. The zero-order valence-corrected chi connectivity index (χ0v) is 14.9. The number of carbonyl (C=O) groups is 1. The molecule has 2 N–H and O–H groups in total. The van der Waals surface area contributed by atoms with Crippen molar-refractivity contribution in [2.45, 2.75) is 6.92 Å². The summed E-state index contributed by atoms with van der Waals surface area (Å²) in [4.78, 5) is 16.5.